The van der Waals surface area contributed by atoms with Gasteiger partial charge in [-0.05, 0) is 38.0 Å². The first-order valence-corrected chi connectivity index (χ1v) is 7.41. The molecule has 1 aromatic rings. The van der Waals surface area contributed by atoms with Gasteiger partial charge in [-0.15, -0.1) is 0 Å². The van der Waals surface area contributed by atoms with Crippen molar-refractivity contribution in [3.05, 3.63) is 29.3 Å². The minimum absolute atomic E-state index is 0.0883. The Bertz CT molecular complexity index is 610. The van der Waals surface area contributed by atoms with Crippen LogP contribution in [-0.4, -0.2) is 32.1 Å². The molecule has 2 N–H and O–H groups in total. The van der Waals surface area contributed by atoms with Crippen molar-refractivity contribution in [1.29, 1.82) is 0 Å². The number of rotatable bonds is 4. The molecule has 104 valence electrons. The first-order chi connectivity index (χ1) is 8.81. The van der Waals surface area contributed by atoms with Crippen molar-refractivity contribution < 1.29 is 18.3 Å². The fourth-order valence-corrected chi connectivity index (χ4v) is 3.58. The Morgan fingerprint density at radius 1 is 1.42 bits per heavy atom. The van der Waals surface area contributed by atoms with Crippen LogP contribution in [0.15, 0.2) is 18.2 Å². The molecule has 0 bridgehead atoms. The van der Waals surface area contributed by atoms with E-state index in [1.807, 2.05) is 0 Å². The topological polar surface area (TPSA) is 86.7 Å². The summed E-state index contributed by atoms with van der Waals surface area (Å²) in [5.41, 5.74) is 1.39. The van der Waals surface area contributed by atoms with E-state index in [4.69, 9.17) is 5.11 Å². The summed E-state index contributed by atoms with van der Waals surface area (Å²) in [5, 5.41) is 8.97. The molecule has 0 saturated carbocycles. The predicted molar refractivity (Wildman–Crippen MR) is 71.6 cm³/mol. The van der Waals surface area contributed by atoms with E-state index >= 15 is 0 Å². The number of anilines is 1. The molecule has 7 heteroatoms. The lowest BCUT2D eigenvalue weighted by atomic mass is 10.1. The van der Waals surface area contributed by atoms with E-state index in [-0.39, 0.29) is 11.6 Å². The highest BCUT2D eigenvalue weighted by Crippen LogP contribution is 2.30. The Hall–Kier alpha value is -1.60. The number of nitrogens with zero attached hydrogens (tertiary/aromatic N) is 1. The number of hydrogen-bond acceptors (Lipinski definition) is 3. The molecule has 0 aliphatic carbocycles. The van der Waals surface area contributed by atoms with Gasteiger partial charge < -0.3 is 5.11 Å². The summed E-state index contributed by atoms with van der Waals surface area (Å²) >= 11 is 0. The molecular formula is C12H16N2O4S. The van der Waals surface area contributed by atoms with Crippen LogP contribution < -0.4 is 9.03 Å². The number of carbonyl (C=O) groups is 1. The van der Waals surface area contributed by atoms with Crippen molar-refractivity contribution in [2.24, 2.45) is 0 Å². The van der Waals surface area contributed by atoms with Crippen molar-refractivity contribution in [2.75, 3.05) is 10.8 Å². The number of aromatic carboxylic acids is 1. The molecule has 1 heterocycles. The highest BCUT2D eigenvalue weighted by atomic mass is 32.2. The molecule has 0 spiro atoms. The van der Waals surface area contributed by atoms with Crippen LogP contribution >= 0.6 is 0 Å². The van der Waals surface area contributed by atoms with Crippen LogP contribution in [0, 0.1) is 0 Å². The molecule has 2 rings (SSSR count). The summed E-state index contributed by atoms with van der Waals surface area (Å²) in [4.78, 5) is 11.0. The summed E-state index contributed by atoms with van der Waals surface area (Å²) in [6.07, 6.45) is 0.592. The highest BCUT2D eigenvalue weighted by molar-refractivity contribution is 7.90. The standard InChI is InChI=1S/C12H16N2O4S/c1-8(2)13-19(17,18)14-6-5-9-3-4-10(12(15)16)7-11(9)14/h3-4,7-8,13H,5-6H2,1-2H3,(H,15,16). The van der Waals surface area contributed by atoms with E-state index in [0.29, 0.717) is 18.7 Å². The zero-order valence-electron chi connectivity index (χ0n) is 10.8. The number of carboxylic acids is 1. The molecule has 1 aliphatic rings. The maximum absolute atomic E-state index is 12.2. The highest BCUT2D eigenvalue weighted by Gasteiger charge is 2.30. The zero-order valence-corrected chi connectivity index (χ0v) is 11.6. The van der Waals surface area contributed by atoms with Gasteiger partial charge in [0.2, 0.25) is 0 Å². The van der Waals surface area contributed by atoms with Gasteiger partial charge in [0.15, 0.2) is 0 Å². The van der Waals surface area contributed by atoms with Crippen molar-refractivity contribution in [3.8, 4) is 0 Å². The van der Waals surface area contributed by atoms with Crippen LogP contribution in [0.3, 0.4) is 0 Å². The van der Waals surface area contributed by atoms with Crippen LogP contribution in [0.2, 0.25) is 0 Å². The molecule has 0 radical (unpaired) electrons. The minimum Gasteiger partial charge on any atom is -0.478 e. The van der Waals surface area contributed by atoms with E-state index in [1.165, 1.54) is 16.4 Å². The Morgan fingerprint density at radius 3 is 2.68 bits per heavy atom. The molecule has 0 amide bonds. The zero-order chi connectivity index (χ0) is 14.2. The van der Waals surface area contributed by atoms with E-state index < -0.39 is 16.2 Å². The van der Waals surface area contributed by atoms with Crippen LogP contribution in [0.5, 0.6) is 0 Å². The third-order valence-corrected chi connectivity index (χ3v) is 4.59. The quantitative estimate of drug-likeness (QED) is 0.863. The first kappa shape index (κ1) is 13.8. The van der Waals surface area contributed by atoms with Gasteiger partial charge in [-0.3, -0.25) is 4.31 Å². The van der Waals surface area contributed by atoms with Crippen molar-refractivity contribution in [2.45, 2.75) is 26.3 Å². The smallest absolute Gasteiger partial charge is 0.335 e. The monoisotopic (exact) mass is 284 g/mol. The molecule has 1 aromatic carbocycles. The Balaban J connectivity index is 2.40. The molecule has 0 aromatic heterocycles. The molecule has 0 fully saturated rings. The SMILES string of the molecule is CC(C)NS(=O)(=O)N1CCc2ccc(C(=O)O)cc21. The van der Waals surface area contributed by atoms with Crippen LogP contribution in [0.1, 0.15) is 29.8 Å². The van der Waals surface area contributed by atoms with Crippen LogP contribution in [-0.2, 0) is 16.6 Å². The number of hydrogen-bond donors (Lipinski definition) is 2. The number of fused-ring (bicyclic) bond motifs is 1. The summed E-state index contributed by atoms with van der Waals surface area (Å²) in [6, 6.07) is 4.36. The van der Waals surface area contributed by atoms with E-state index in [2.05, 4.69) is 4.72 Å². The summed E-state index contributed by atoms with van der Waals surface area (Å²) in [5.74, 6) is -1.07. The van der Waals surface area contributed by atoms with Gasteiger partial charge in [-0.2, -0.15) is 13.1 Å². The third-order valence-electron chi connectivity index (χ3n) is 2.86. The fraction of sp³-hybridized carbons (Fsp3) is 0.417. The Morgan fingerprint density at radius 2 is 2.11 bits per heavy atom. The van der Waals surface area contributed by atoms with Crippen LogP contribution in [0.25, 0.3) is 0 Å². The summed E-state index contributed by atoms with van der Waals surface area (Å²) < 4.78 is 28.0. The Kier molecular flexibility index (Phi) is 3.51. The second kappa shape index (κ2) is 4.82. The second-order valence-corrected chi connectivity index (χ2v) is 6.37. The molecule has 6 nitrogen and oxygen atoms in total. The second-order valence-electron chi connectivity index (χ2n) is 4.75. The summed E-state index contributed by atoms with van der Waals surface area (Å²) in [7, 11) is -3.62. The van der Waals surface area contributed by atoms with Crippen molar-refractivity contribution >= 4 is 21.9 Å². The minimum atomic E-state index is -3.62. The Labute approximate surface area is 112 Å². The normalized spacial score (nSPS) is 14.8. The van der Waals surface area contributed by atoms with Gasteiger partial charge in [0.1, 0.15) is 0 Å². The van der Waals surface area contributed by atoms with Crippen LogP contribution in [0.4, 0.5) is 5.69 Å². The van der Waals surface area contributed by atoms with Gasteiger partial charge in [0.25, 0.3) is 0 Å². The predicted octanol–water partition coefficient (Wildman–Crippen LogP) is 0.990. The summed E-state index contributed by atoms with van der Waals surface area (Å²) in [6.45, 7) is 3.81. The van der Waals surface area contributed by atoms with E-state index in [0.717, 1.165) is 5.56 Å². The fourth-order valence-electron chi connectivity index (χ4n) is 2.09. The lowest BCUT2D eigenvalue weighted by Crippen LogP contribution is -2.42. The van der Waals surface area contributed by atoms with Gasteiger partial charge in [0, 0.05) is 12.6 Å². The average molecular weight is 284 g/mol. The number of carboxylic acid groups (broad SMARTS) is 1. The molecule has 19 heavy (non-hydrogen) atoms. The molecule has 0 unspecified atom stereocenters. The molecule has 1 aliphatic heterocycles. The maximum Gasteiger partial charge on any atom is 0.335 e. The van der Waals surface area contributed by atoms with Gasteiger partial charge in [0.05, 0.1) is 11.3 Å². The number of nitrogens with one attached hydrogen (secondary N) is 1. The van der Waals surface area contributed by atoms with Gasteiger partial charge in [-0.1, -0.05) is 6.07 Å². The largest absolute Gasteiger partial charge is 0.478 e. The molecular weight excluding hydrogens is 268 g/mol. The molecule has 0 atom stereocenters. The average Bonchev–Trinajstić information content (AvgIpc) is 2.69. The van der Waals surface area contributed by atoms with Crippen molar-refractivity contribution in [1.82, 2.24) is 4.72 Å². The maximum atomic E-state index is 12.2. The lowest BCUT2D eigenvalue weighted by molar-refractivity contribution is 0.0697. The number of benzene rings is 1. The van der Waals surface area contributed by atoms with E-state index in [1.54, 1.807) is 19.9 Å². The van der Waals surface area contributed by atoms with E-state index in [9.17, 15) is 13.2 Å². The van der Waals surface area contributed by atoms with Gasteiger partial charge >= 0.3 is 16.2 Å². The third kappa shape index (κ3) is 2.71. The van der Waals surface area contributed by atoms with Gasteiger partial charge in [-0.25, -0.2) is 4.79 Å². The first-order valence-electron chi connectivity index (χ1n) is 5.97. The molecule has 0 saturated heterocycles. The lowest BCUT2D eigenvalue weighted by Gasteiger charge is -2.21. The van der Waals surface area contributed by atoms with Crippen molar-refractivity contribution in [3.63, 3.8) is 0 Å².